The van der Waals surface area contributed by atoms with Gasteiger partial charge in [0, 0.05) is 85.8 Å². The number of fused-ring (bicyclic) bond motifs is 6. The van der Waals surface area contributed by atoms with Crippen molar-refractivity contribution in [1.29, 1.82) is 0 Å². The zero-order chi connectivity index (χ0) is 45.5. The lowest BCUT2D eigenvalue weighted by atomic mass is 9.78. The molecule has 4 aromatic rings. The number of aryl methyl sites for hydroxylation is 1. The van der Waals surface area contributed by atoms with Crippen LogP contribution >= 0.6 is 11.3 Å². The fourth-order valence-corrected chi connectivity index (χ4v) is 11.1. The quantitative estimate of drug-likeness (QED) is 0.176. The zero-order valence-electron chi connectivity index (χ0n) is 38.7. The van der Waals surface area contributed by atoms with Crippen molar-refractivity contribution in [2.45, 2.75) is 123 Å². The predicted molar refractivity (Wildman–Crippen MR) is 247 cm³/mol. The minimum absolute atomic E-state index is 0.116. The molecule has 15 nitrogen and oxygen atoms in total. The highest BCUT2D eigenvalue weighted by atomic mass is 32.1. The van der Waals surface area contributed by atoms with Gasteiger partial charge in [-0.15, -0.1) is 11.3 Å². The van der Waals surface area contributed by atoms with Crippen LogP contribution in [0.2, 0.25) is 0 Å². The molecular weight excluding hydrogens is 831 g/mol. The molecular formula is C48H65N9O6S. The molecule has 0 radical (unpaired) electrons. The van der Waals surface area contributed by atoms with Gasteiger partial charge in [-0.2, -0.15) is 0 Å². The Morgan fingerprint density at radius 1 is 1.12 bits per heavy atom. The van der Waals surface area contributed by atoms with Crippen molar-refractivity contribution in [3.63, 3.8) is 0 Å². The average Bonchev–Trinajstić information content (AvgIpc) is 3.88. The van der Waals surface area contributed by atoms with Crippen LogP contribution in [-0.2, 0) is 43.2 Å². The molecule has 5 atom stereocenters. The van der Waals surface area contributed by atoms with Crippen LogP contribution in [0.3, 0.4) is 0 Å². The van der Waals surface area contributed by atoms with Crippen molar-refractivity contribution >= 4 is 46.1 Å². The number of methoxy groups -OCH3 is 1. The number of hydrogen-bond acceptors (Lipinski definition) is 11. The number of benzene rings is 1. The molecule has 344 valence electrons. The third-order valence-electron chi connectivity index (χ3n) is 13.8. The topological polar surface area (TPSA) is 163 Å². The van der Waals surface area contributed by atoms with Crippen LogP contribution in [0, 0.1) is 11.3 Å². The van der Waals surface area contributed by atoms with E-state index in [1.807, 2.05) is 37.1 Å². The number of carbonyl (C=O) groups is 4. The summed E-state index contributed by atoms with van der Waals surface area (Å²) in [6.45, 7) is 15.7. The number of ether oxygens (including phenoxy) is 2. The summed E-state index contributed by atoms with van der Waals surface area (Å²) in [4.78, 5) is 70.5. The van der Waals surface area contributed by atoms with Gasteiger partial charge in [0.15, 0.2) is 0 Å². The summed E-state index contributed by atoms with van der Waals surface area (Å²) in [6.07, 6.45) is 6.18. The van der Waals surface area contributed by atoms with Crippen molar-refractivity contribution in [2.75, 3.05) is 46.9 Å². The standard InChI is InChI=1S/C48H65N9O6S/c1-9-55-38-16-15-31-23-33(38)34(42(55)32-13-10-20-50-40(32)30(4)62-8)25-47(5,6)28-63-45(60)35-14-11-21-57(53-35)44(59)36(24-39-51-37(31)26-64-39)52-43(58)41(29(2)3)54(7)46(61)56-22-18-48(56)17-12-19-49-27-48/h10,13,15-16,20,23,26,29-30,35-36,41,49,53H,9,11-12,14,17-19,21-22,24-25,27-28H2,1-8H3,(H,52,58)/t30-,35-,36-,41?,48-/m0/s1. The summed E-state index contributed by atoms with van der Waals surface area (Å²) in [5.41, 5.74) is 9.20. The molecule has 4 aliphatic heterocycles. The number of hydrogen-bond donors (Lipinski definition) is 3. The number of likely N-dealkylation sites (N-methyl/N-ethyl adjacent to an activating group) is 1. The van der Waals surface area contributed by atoms with Gasteiger partial charge in [-0.3, -0.25) is 24.4 Å². The van der Waals surface area contributed by atoms with E-state index < -0.39 is 35.4 Å². The van der Waals surface area contributed by atoms with E-state index in [0.717, 1.165) is 77.0 Å². The summed E-state index contributed by atoms with van der Waals surface area (Å²) in [5.74, 6) is -1.48. The molecule has 4 amide bonds. The number of thiazole rings is 1. The lowest BCUT2D eigenvalue weighted by molar-refractivity contribution is -0.155. The number of nitrogens with one attached hydrogen (secondary N) is 3. The number of esters is 1. The van der Waals surface area contributed by atoms with Crippen molar-refractivity contribution < 1.29 is 28.7 Å². The maximum atomic E-state index is 14.6. The highest BCUT2D eigenvalue weighted by molar-refractivity contribution is 7.10. The van der Waals surface area contributed by atoms with E-state index in [-0.39, 0.29) is 42.5 Å². The molecule has 3 saturated heterocycles. The van der Waals surface area contributed by atoms with Gasteiger partial charge >= 0.3 is 12.0 Å². The second kappa shape index (κ2) is 18.5. The number of likely N-dealkylation sites (tertiary alicyclic amines) is 1. The highest BCUT2D eigenvalue weighted by Crippen LogP contribution is 2.42. The van der Waals surface area contributed by atoms with E-state index in [1.165, 1.54) is 16.3 Å². The number of pyridine rings is 1. The van der Waals surface area contributed by atoms with Crippen molar-refractivity contribution in [3.8, 4) is 22.5 Å². The summed E-state index contributed by atoms with van der Waals surface area (Å²) in [7, 11) is 3.38. The second-order valence-electron chi connectivity index (χ2n) is 19.3. The largest absolute Gasteiger partial charge is 0.464 e. The van der Waals surface area contributed by atoms with Gasteiger partial charge in [-0.25, -0.2) is 15.2 Å². The van der Waals surface area contributed by atoms with E-state index in [1.54, 1.807) is 25.3 Å². The molecule has 7 heterocycles. The fourth-order valence-electron chi connectivity index (χ4n) is 10.3. The Morgan fingerprint density at radius 2 is 1.94 bits per heavy atom. The number of amides is 4. The van der Waals surface area contributed by atoms with Gasteiger partial charge in [0.05, 0.1) is 40.3 Å². The minimum Gasteiger partial charge on any atom is -0.464 e. The van der Waals surface area contributed by atoms with Crippen LogP contribution in [-0.4, -0.2) is 124 Å². The van der Waals surface area contributed by atoms with Gasteiger partial charge in [-0.05, 0) is 94.7 Å². The Hall–Kier alpha value is -4.90. The van der Waals surface area contributed by atoms with Gasteiger partial charge in [0.1, 0.15) is 18.1 Å². The first-order valence-corrected chi connectivity index (χ1v) is 23.9. The predicted octanol–water partition coefficient (Wildman–Crippen LogP) is 6.11. The number of aromatic nitrogens is 3. The molecule has 16 heteroatoms. The average molecular weight is 896 g/mol. The molecule has 1 spiro atoms. The van der Waals surface area contributed by atoms with Crippen LogP contribution in [0.15, 0.2) is 41.9 Å². The Morgan fingerprint density at radius 3 is 2.64 bits per heavy atom. The number of rotatable bonds is 8. The number of hydrazine groups is 1. The second-order valence-corrected chi connectivity index (χ2v) is 20.2. The molecule has 0 saturated carbocycles. The smallest absolute Gasteiger partial charge is 0.324 e. The third-order valence-corrected chi connectivity index (χ3v) is 14.7. The lowest BCUT2D eigenvalue weighted by Gasteiger charge is -2.56. The summed E-state index contributed by atoms with van der Waals surface area (Å²) >= 11 is 1.44. The first-order valence-electron chi connectivity index (χ1n) is 23.0. The van der Waals surface area contributed by atoms with E-state index >= 15 is 0 Å². The van der Waals surface area contributed by atoms with Crippen LogP contribution in [0.4, 0.5) is 4.79 Å². The number of piperidine rings is 1. The third kappa shape index (κ3) is 8.78. The van der Waals surface area contributed by atoms with E-state index in [0.29, 0.717) is 43.9 Å². The van der Waals surface area contributed by atoms with Crippen LogP contribution in [0.25, 0.3) is 33.4 Å². The zero-order valence-corrected chi connectivity index (χ0v) is 39.5. The molecule has 3 aromatic heterocycles. The summed E-state index contributed by atoms with van der Waals surface area (Å²) in [6, 6.07) is 7.68. The molecule has 1 unspecified atom stereocenters. The summed E-state index contributed by atoms with van der Waals surface area (Å²) < 4.78 is 14.3. The summed E-state index contributed by atoms with van der Waals surface area (Å²) in [5, 5.41) is 11.7. The lowest BCUT2D eigenvalue weighted by Crippen LogP contribution is -2.71. The number of cyclic esters (lactones) is 1. The van der Waals surface area contributed by atoms with E-state index in [9.17, 15) is 19.2 Å². The molecule has 0 aliphatic carbocycles. The van der Waals surface area contributed by atoms with Crippen molar-refractivity contribution in [2.24, 2.45) is 11.3 Å². The van der Waals surface area contributed by atoms with Gasteiger partial charge < -0.3 is 34.5 Å². The number of nitrogens with zero attached hydrogens (tertiary/aromatic N) is 6. The van der Waals surface area contributed by atoms with Crippen LogP contribution in [0.1, 0.15) is 96.0 Å². The molecule has 4 aliphatic rings. The SMILES string of the molecule is CCn1c(-c2cccnc2[C@H](C)OC)c2c3cc(ccc31)-c1csc(n1)C[C@H](NC(=O)C(C(C)C)N(C)C(=O)N1CC[C@]13CCCNC3)C(=O)N1CCC[C@H](N1)C(=O)OCC(C)(C)C2. The normalized spacial score (nSPS) is 23.6. The monoisotopic (exact) mass is 895 g/mol. The Bertz CT molecular complexity index is 2390. The van der Waals surface area contributed by atoms with E-state index in [4.69, 9.17) is 19.4 Å². The van der Waals surface area contributed by atoms with Crippen LogP contribution < -0.4 is 16.1 Å². The molecule has 1 aromatic carbocycles. The van der Waals surface area contributed by atoms with Gasteiger partial charge in [-0.1, -0.05) is 33.8 Å². The maximum absolute atomic E-state index is 14.6. The van der Waals surface area contributed by atoms with Crippen molar-refractivity contribution in [1.82, 2.24) is 45.4 Å². The van der Waals surface area contributed by atoms with Crippen LogP contribution in [0.5, 0.6) is 0 Å². The Balaban J connectivity index is 1.16. The first kappa shape index (κ1) is 45.7. The minimum atomic E-state index is -1.03. The van der Waals surface area contributed by atoms with Gasteiger partial charge in [0.2, 0.25) is 5.91 Å². The van der Waals surface area contributed by atoms with Gasteiger partial charge in [0.25, 0.3) is 5.91 Å². The Kier molecular flexibility index (Phi) is 13.2. The van der Waals surface area contributed by atoms with Crippen molar-refractivity contribution in [3.05, 3.63) is 58.2 Å². The Labute approximate surface area is 380 Å². The number of carbonyl (C=O) groups excluding carboxylic acids is 4. The first-order chi connectivity index (χ1) is 30.6. The molecule has 6 bridgehead atoms. The molecule has 3 N–H and O–H groups in total. The highest BCUT2D eigenvalue weighted by Gasteiger charge is 2.50. The molecule has 8 rings (SSSR count). The number of urea groups is 1. The molecule has 3 fully saturated rings. The fraction of sp³-hybridized carbons (Fsp3) is 0.583. The molecule has 64 heavy (non-hydrogen) atoms. The maximum Gasteiger partial charge on any atom is 0.324 e. The van der Waals surface area contributed by atoms with E-state index in [2.05, 4.69) is 65.7 Å².